The summed E-state index contributed by atoms with van der Waals surface area (Å²) in [5.74, 6) is 0.528. The van der Waals surface area contributed by atoms with E-state index in [-0.39, 0.29) is 5.91 Å². The van der Waals surface area contributed by atoms with Crippen molar-refractivity contribution in [1.82, 2.24) is 5.32 Å². The summed E-state index contributed by atoms with van der Waals surface area (Å²) in [6.07, 6.45) is 2.96. The maximum absolute atomic E-state index is 12.0. The number of hydrogen-bond acceptors (Lipinski definition) is 3. The molecule has 0 atom stereocenters. The topological polar surface area (TPSA) is 66.5 Å². The standard InChI is InChI=1S/C17H28N2O3S/c1-14(2)11-12-18-17(20)6-5-13-19(23(4,21)22)16-9-7-15(3)8-10-16/h7-10,14H,5-6,11-13H2,1-4H3,(H,18,20). The molecule has 5 nitrogen and oxygen atoms in total. The van der Waals surface area contributed by atoms with Crippen LogP contribution in [0, 0.1) is 12.8 Å². The molecule has 1 amide bonds. The lowest BCUT2D eigenvalue weighted by Crippen LogP contribution is -2.32. The highest BCUT2D eigenvalue weighted by Gasteiger charge is 2.17. The van der Waals surface area contributed by atoms with Gasteiger partial charge in [0.2, 0.25) is 15.9 Å². The minimum Gasteiger partial charge on any atom is -0.356 e. The van der Waals surface area contributed by atoms with Crippen LogP contribution >= 0.6 is 0 Å². The molecule has 130 valence electrons. The predicted molar refractivity (Wildman–Crippen MR) is 95.1 cm³/mol. The maximum Gasteiger partial charge on any atom is 0.232 e. The maximum atomic E-state index is 12.0. The summed E-state index contributed by atoms with van der Waals surface area (Å²) < 4.78 is 25.3. The third-order valence-corrected chi connectivity index (χ3v) is 4.73. The molecule has 1 aromatic rings. The van der Waals surface area contributed by atoms with Gasteiger partial charge in [0.1, 0.15) is 0 Å². The summed E-state index contributed by atoms with van der Waals surface area (Å²) in [4.78, 5) is 11.8. The number of nitrogens with one attached hydrogen (secondary N) is 1. The van der Waals surface area contributed by atoms with Gasteiger partial charge in [-0.25, -0.2) is 8.42 Å². The Bertz CT molecular complexity index is 595. The van der Waals surface area contributed by atoms with Crippen molar-refractivity contribution in [2.45, 2.75) is 40.0 Å². The number of aryl methyl sites for hydroxylation is 1. The first-order chi connectivity index (χ1) is 10.7. The van der Waals surface area contributed by atoms with E-state index in [1.807, 2.05) is 19.1 Å². The monoisotopic (exact) mass is 340 g/mol. The van der Waals surface area contributed by atoms with Crippen LogP contribution in [0.5, 0.6) is 0 Å². The number of anilines is 1. The second-order valence-electron chi connectivity index (χ2n) is 6.31. The Hall–Kier alpha value is -1.56. The van der Waals surface area contributed by atoms with Crippen LogP contribution in [0.15, 0.2) is 24.3 Å². The smallest absolute Gasteiger partial charge is 0.232 e. The number of carbonyl (C=O) groups excluding carboxylic acids is 1. The summed E-state index contributed by atoms with van der Waals surface area (Å²) in [6, 6.07) is 7.34. The fourth-order valence-corrected chi connectivity index (χ4v) is 3.13. The van der Waals surface area contributed by atoms with Gasteiger partial charge in [-0.05, 0) is 37.8 Å². The van der Waals surface area contributed by atoms with Gasteiger partial charge in [-0.15, -0.1) is 0 Å². The Balaban J connectivity index is 2.53. The lowest BCUT2D eigenvalue weighted by atomic mass is 10.1. The van der Waals surface area contributed by atoms with Crippen molar-refractivity contribution in [3.63, 3.8) is 0 Å². The van der Waals surface area contributed by atoms with Gasteiger partial charge < -0.3 is 5.32 Å². The normalized spacial score (nSPS) is 11.5. The highest BCUT2D eigenvalue weighted by atomic mass is 32.2. The quantitative estimate of drug-likeness (QED) is 0.751. The van der Waals surface area contributed by atoms with E-state index in [1.54, 1.807) is 12.1 Å². The summed E-state index contributed by atoms with van der Waals surface area (Å²) in [7, 11) is -3.36. The molecule has 0 saturated carbocycles. The summed E-state index contributed by atoms with van der Waals surface area (Å²) in [5.41, 5.74) is 1.71. The Morgan fingerprint density at radius 1 is 1.22 bits per heavy atom. The number of sulfonamides is 1. The van der Waals surface area contributed by atoms with E-state index in [1.165, 1.54) is 10.6 Å². The molecule has 1 N–H and O–H groups in total. The molecule has 0 aliphatic rings. The Labute approximate surface area is 140 Å². The van der Waals surface area contributed by atoms with Crippen molar-refractivity contribution in [3.8, 4) is 0 Å². The Morgan fingerprint density at radius 2 is 1.83 bits per heavy atom. The minimum absolute atomic E-state index is 0.0250. The van der Waals surface area contributed by atoms with Crippen molar-refractivity contribution in [2.75, 3.05) is 23.7 Å². The molecule has 6 heteroatoms. The van der Waals surface area contributed by atoms with Gasteiger partial charge in [0.05, 0.1) is 11.9 Å². The first kappa shape index (κ1) is 19.5. The van der Waals surface area contributed by atoms with E-state index in [0.29, 0.717) is 37.5 Å². The molecule has 0 radical (unpaired) electrons. The number of carbonyl (C=O) groups is 1. The van der Waals surface area contributed by atoms with Crippen molar-refractivity contribution >= 4 is 21.6 Å². The molecule has 0 aromatic heterocycles. The molecule has 0 spiro atoms. The molecule has 23 heavy (non-hydrogen) atoms. The van der Waals surface area contributed by atoms with Gasteiger partial charge in [0.25, 0.3) is 0 Å². The molecular weight excluding hydrogens is 312 g/mol. The van der Waals surface area contributed by atoms with Crippen LogP contribution in [0.4, 0.5) is 5.69 Å². The first-order valence-electron chi connectivity index (χ1n) is 8.01. The van der Waals surface area contributed by atoms with Gasteiger partial charge in [0, 0.05) is 19.5 Å². The Kier molecular flexibility index (Phi) is 7.55. The summed E-state index contributed by atoms with van der Waals surface area (Å²) in [6.45, 7) is 7.15. The largest absolute Gasteiger partial charge is 0.356 e. The molecule has 1 rings (SSSR count). The zero-order valence-electron chi connectivity index (χ0n) is 14.5. The van der Waals surface area contributed by atoms with Crippen LogP contribution in [0.2, 0.25) is 0 Å². The van der Waals surface area contributed by atoms with Gasteiger partial charge in [-0.3, -0.25) is 9.10 Å². The van der Waals surface area contributed by atoms with E-state index in [4.69, 9.17) is 0 Å². The number of amides is 1. The highest BCUT2D eigenvalue weighted by Crippen LogP contribution is 2.18. The summed E-state index contributed by atoms with van der Waals surface area (Å²) >= 11 is 0. The molecule has 0 fully saturated rings. The molecule has 0 aliphatic carbocycles. The predicted octanol–water partition coefficient (Wildman–Crippen LogP) is 2.70. The molecule has 1 aromatic carbocycles. The highest BCUT2D eigenvalue weighted by molar-refractivity contribution is 7.92. The SMILES string of the molecule is Cc1ccc(N(CCCC(=O)NCCC(C)C)S(C)(=O)=O)cc1. The lowest BCUT2D eigenvalue weighted by molar-refractivity contribution is -0.121. The van der Waals surface area contributed by atoms with E-state index in [0.717, 1.165) is 12.0 Å². The van der Waals surface area contributed by atoms with Crippen molar-refractivity contribution < 1.29 is 13.2 Å². The fourth-order valence-electron chi connectivity index (χ4n) is 2.17. The fraction of sp³-hybridized carbons (Fsp3) is 0.588. The average Bonchev–Trinajstić information content (AvgIpc) is 2.43. The number of rotatable bonds is 9. The van der Waals surface area contributed by atoms with E-state index >= 15 is 0 Å². The van der Waals surface area contributed by atoms with Crippen LogP contribution in [-0.4, -0.2) is 33.7 Å². The number of benzene rings is 1. The number of hydrogen-bond donors (Lipinski definition) is 1. The molecule has 0 aliphatic heterocycles. The molecular formula is C17H28N2O3S. The van der Waals surface area contributed by atoms with Crippen LogP contribution in [0.1, 0.15) is 38.7 Å². The third-order valence-electron chi connectivity index (χ3n) is 3.53. The van der Waals surface area contributed by atoms with Gasteiger partial charge >= 0.3 is 0 Å². The zero-order chi connectivity index (χ0) is 17.5. The van der Waals surface area contributed by atoms with Crippen LogP contribution < -0.4 is 9.62 Å². The van der Waals surface area contributed by atoms with Gasteiger partial charge in [-0.2, -0.15) is 0 Å². The second-order valence-corrected chi connectivity index (χ2v) is 8.21. The summed E-state index contributed by atoms with van der Waals surface area (Å²) in [5, 5.41) is 2.87. The molecule has 0 unspecified atom stereocenters. The van der Waals surface area contributed by atoms with Crippen LogP contribution in [0.25, 0.3) is 0 Å². The molecule has 0 heterocycles. The lowest BCUT2D eigenvalue weighted by Gasteiger charge is -2.22. The Morgan fingerprint density at radius 3 is 2.35 bits per heavy atom. The van der Waals surface area contributed by atoms with Crippen molar-refractivity contribution in [2.24, 2.45) is 5.92 Å². The third kappa shape index (κ3) is 7.50. The average molecular weight is 340 g/mol. The van der Waals surface area contributed by atoms with E-state index in [9.17, 15) is 13.2 Å². The first-order valence-corrected chi connectivity index (χ1v) is 9.86. The number of nitrogens with zero attached hydrogens (tertiary/aromatic N) is 1. The van der Waals surface area contributed by atoms with Crippen LogP contribution in [-0.2, 0) is 14.8 Å². The van der Waals surface area contributed by atoms with Crippen molar-refractivity contribution in [3.05, 3.63) is 29.8 Å². The minimum atomic E-state index is -3.36. The molecule has 0 bridgehead atoms. The zero-order valence-corrected chi connectivity index (χ0v) is 15.3. The van der Waals surface area contributed by atoms with Gasteiger partial charge in [0.15, 0.2) is 0 Å². The van der Waals surface area contributed by atoms with E-state index < -0.39 is 10.0 Å². The van der Waals surface area contributed by atoms with E-state index in [2.05, 4.69) is 19.2 Å². The van der Waals surface area contributed by atoms with Crippen LogP contribution in [0.3, 0.4) is 0 Å². The van der Waals surface area contributed by atoms with Crippen molar-refractivity contribution in [1.29, 1.82) is 0 Å². The second kappa shape index (κ2) is 8.91. The van der Waals surface area contributed by atoms with Gasteiger partial charge in [-0.1, -0.05) is 31.5 Å². The molecule has 0 saturated heterocycles.